The Bertz CT molecular complexity index is 1160. The summed E-state index contributed by atoms with van der Waals surface area (Å²) in [5.74, 6) is -3.06. The SMILES string of the molecule is CC1=CC[C@@H]2C(=O)N(N(C(=O)c3ccc(Cl)cc3)[C@@H](C)C(=O)c3ccc(Cl)cc3)C(=O)[C@@H]2C1. The van der Waals surface area contributed by atoms with Gasteiger partial charge in [0.15, 0.2) is 5.78 Å². The summed E-state index contributed by atoms with van der Waals surface area (Å²) < 4.78 is 0. The number of hydrogen-bond acceptors (Lipinski definition) is 4. The summed E-state index contributed by atoms with van der Waals surface area (Å²) in [6.45, 7) is 3.43. The van der Waals surface area contributed by atoms with Crippen molar-refractivity contribution in [2.75, 3.05) is 0 Å². The van der Waals surface area contributed by atoms with Crippen LogP contribution in [0.1, 0.15) is 47.4 Å². The van der Waals surface area contributed by atoms with Crippen molar-refractivity contribution < 1.29 is 19.2 Å². The van der Waals surface area contributed by atoms with E-state index in [0.717, 1.165) is 15.6 Å². The average molecular weight is 485 g/mol. The summed E-state index contributed by atoms with van der Waals surface area (Å²) in [6.07, 6.45) is 2.83. The van der Waals surface area contributed by atoms with Gasteiger partial charge in [0, 0.05) is 21.2 Å². The first-order valence-electron chi connectivity index (χ1n) is 10.6. The fourth-order valence-electron chi connectivity index (χ4n) is 4.36. The molecule has 2 aromatic rings. The number of hydrazine groups is 1. The number of allylic oxidation sites excluding steroid dienone is 2. The van der Waals surface area contributed by atoms with E-state index in [1.165, 1.54) is 19.1 Å². The first-order valence-corrected chi connectivity index (χ1v) is 11.4. The Morgan fingerprint density at radius 3 is 2.00 bits per heavy atom. The molecule has 0 aromatic heterocycles. The zero-order valence-corrected chi connectivity index (χ0v) is 19.6. The first kappa shape index (κ1) is 23.2. The van der Waals surface area contributed by atoms with Crippen LogP contribution in [-0.4, -0.2) is 39.6 Å². The van der Waals surface area contributed by atoms with Gasteiger partial charge in [-0.3, -0.25) is 19.2 Å². The van der Waals surface area contributed by atoms with Gasteiger partial charge in [0.2, 0.25) is 0 Å². The lowest BCUT2D eigenvalue weighted by Gasteiger charge is -2.34. The predicted molar refractivity (Wildman–Crippen MR) is 125 cm³/mol. The van der Waals surface area contributed by atoms with Crippen LogP contribution in [0.4, 0.5) is 0 Å². The Morgan fingerprint density at radius 1 is 0.909 bits per heavy atom. The van der Waals surface area contributed by atoms with Crippen molar-refractivity contribution in [2.24, 2.45) is 11.8 Å². The molecule has 1 heterocycles. The molecule has 0 saturated carbocycles. The van der Waals surface area contributed by atoms with Crippen LogP contribution in [0.15, 0.2) is 60.2 Å². The van der Waals surface area contributed by atoms with Crippen LogP contribution >= 0.6 is 23.2 Å². The molecule has 0 bridgehead atoms. The third-order valence-electron chi connectivity index (χ3n) is 6.19. The first-order chi connectivity index (χ1) is 15.7. The van der Waals surface area contributed by atoms with E-state index in [9.17, 15) is 19.2 Å². The van der Waals surface area contributed by atoms with Gasteiger partial charge in [-0.05, 0) is 75.2 Å². The van der Waals surface area contributed by atoms with E-state index in [1.807, 2.05) is 13.0 Å². The molecule has 0 N–H and O–H groups in total. The van der Waals surface area contributed by atoms with Crippen LogP contribution in [0.3, 0.4) is 0 Å². The van der Waals surface area contributed by atoms with E-state index in [1.54, 1.807) is 36.4 Å². The predicted octanol–water partition coefficient (Wildman–Crippen LogP) is 4.96. The molecule has 1 aliphatic heterocycles. The highest BCUT2D eigenvalue weighted by atomic mass is 35.5. The van der Waals surface area contributed by atoms with Gasteiger partial charge < -0.3 is 0 Å². The van der Waals surface area contributed by atoms with Crippen molar-refractivity contribution in [3.8, 4) is 0 Å². The zero-order valence-electron chi connectivity index (χ0n) is 18.1. The molecule has 0 spiro atoms. The van der Waals surface area contributed by atoms with Gasteiger partial charge in [-0.2, -0.15) is 5.01 Å². The molecule has 0 unspecified atom stereocenters. The largest absolute Gasteiger partial charge is 0.292 e. The third-order valence-corrected chi connectivity index (χ3v) is 6.69. The van der Waals surface area contributed by atoms with E-state index in [0.29, 0.717) is 28.5 Å². The second-order valence-corrected chi connectivity index (χ2v) is 9.27. The molecule has 170 valence electrons. The summed E-state index contributed by atoms with van der Waals surface area (Å²) in [4.78, 5) is 53.6. The lowest BCUT2D eigenvalue weighted by atomic mass is 9.82. The lowest BCUT2D eigenvalue weighted by Crippen LogP contribution is -2.56. The van der Waals surface area contributed by atoms with Crippen molar-refractivity contribution >= 4 is 46.7 Å². The smallest absolute Gasteiger partial charge is 0.273 e. The number of Topliss-reactive ketones (excluding diaryl/α,β-unsaturated/α-hetero) is 1. The Morgan fingerprint density at radius 2 is 1.42 bits per heavy atom. The number of rotatable bonds is 5. The van der Waals surface area contributed by atoms with Gasteiger partial charge in [0.25, 0.3) is 17.7 Å². The fourth-order valence-corrected chi connectivity index (χ4v) is 4.62. The maximum absolute atomic E-state index is 13.6. The Labute approximate surface area is 201 Å². The second kappa shape index (κ2) is 9.12. The number of carbonyl (C=O) groups excluding carboxylic acids is 4. The maximum atomic E-state index is 13.6. The molecule has 0 radical (unpaired) electrons. The summed E-state index contributed by atoms with van der Waals surface area (Å²) >= 11 is 11.9. The molecule has 6 nitrogen and oxygen atoms in total. The van der Waals surface area contributed by atoms with E-state index in [4.69, 9.17) is 23.2 Å². The average Bonchev–Trinajstić information content (AvgIpc) is 3.04. The number of benzene rings is 2. The highest BCUT2D eigenvalue weighted by Crippen LogP contribution is 2.39. The lowest BCUT2D eigenvalue weighted by molar-refractivity contribution is -0.156. The number of hydrogen-bond donors (Lipinski definition) is 0. The van der Waals surface area contributed by atoms with E-state index >= 15 is 0 Å². The maximum Gasteiger partial charge on any atom is 0.273 e. The van der Waals surface area contributed by atoms with Gasteiger partial charge >= 0.3 is 0 Å². The highest BCUT2D eigenvalue weighted by Gasteiger charge is 2.53. The zero-order chi connectivity index (χ0) is 23.9. The Kier molecular flexibility index (Phi) is 6.41. The normalized spacial score (nSPS) is 20.8. The topological polar surface area (TPSA) is 74.8 Å². The third kappa shape index (κ3) is 4.33. The molecule has 1 aliphatic carbocycles. The van der Waals surface area contributed by atoms with Crippen molar-refractivity contribution in [1.82, 2.24) is 10.0 Å². The summed E-state index contributed by atoms with van der Waals surface area (Å²) in [7, 11) is 0. The number of carbonyl (C=O) groups is 4. The van der Waals surface area contributed by atoms with Crippen LogP contribution in [0, 0.1) is 11.8 Å². The highest BCUT2D eigenvalue weighted by molar-refractivity contribution is 6.31. The quantitative estimate of drug-likeness (QED) is 0.341. The van der Waals surface area contributed by atoms with Crippen LogP contribution in [0.25, 0.3) is 0 Å². The van der Waals surface area contributed by atoms with Gasteiger partial charge in [-0.1, -0.05) is 34.9 Å². The molecule has 3 amide bonds. The monoisotopic (exact) mass is 484 g/mol. The summed E-state index contributed by atoms with van der Waals surface area (Å²) in [6, 6.07) is 11.2. The van der Waals surface area contributed by atoms with E-state index in [-0.39, 0.29) is 5.56 Å². The molecule has 8 heteroatoms. The molecular weight excluding hydrogens is 463 g/mol. The molecular formula is C25H22Cl2N2O4. The molecule has 1 fully saturated rings. The van der Waals surface area contributed by atoms with Gasteiger partial charge in [0.1, 0.15) is 6.04 Å². The number of ketones is 1. The molecule has 1 saturated heterocycles. The van der Waals surface area contributed by atoms with Crippen molar-refractivity contribution in [1.29, 1.82) is 0 Å². The molecule has 33 heavy (non-hydrogen) atoms. The van der Waals surface area contributed by atoms with E-state index < -0.39 is 41.4 Å². The van der Waals surface area contributed by atoms with Gasteiger partial charge in [0.05, 0.1) is 11.8 Å². The van der Waals surface area contributed by atoms with Crippen LogP contribution in [0.2, 0.25) is 10.0 Å². The molecule has 2 aliphatic rings. The minimum Gasteiger partial charge on any atom is -0.292 e. The van der Waals surface area contributed by atoms with Crippen molar-refractivity contribution in [3.63, 3.8) is 0 Å². The number of amides is 3. The number of fused-ring (bicyclic) bond motifs is 1. The van der Waals surface area contributed by atoms with Gasteiger partial charge in [-0.15, -0.1) is 0 Å². The van der Waals surface area contributed by atoms with Crippen molar-refractivity contribution in [3.05, 3.63) is 81.4 Å². The minimum absolute atomic E-state index is 0.208. The molecule has 3 atom stereocenters. The van der Waals surface area contributed by atoms with Gasteiger partial charge in [-0.25, -0.2) is 5.01 Å². The van der Waals surface area contributed by atoms with E-state index in [2.05, 4.69) is 0 Å². The molecule has 2 aromatic carbocycles. The second-order valence-electron chi connectivity index (χ2n) is 8.40. The standard InChI is InChI=1S/C25H22Cl2N2O4/c1-14-3-12-20-21(13-14)25(33)29(24(20)32)28(23(31)17-6-10-19(27)11-7-17)15(2)22(30)16-4-8-18(26)9-5-16/h3-11,15,20-21H,12-13H2,1-2H3/t15-,20-,21+/m0/s1. The van der Waals surface area contributed by atoms with Crippen LogP contribution in [0.5, 0.6) is 0 Å². The number of imide groups is 1. The number of nitrogens with zero attached hydrogens (tertiary/aromatic N) is 2. The van der Waals surface area contributed by atoms with Crippen LogP contribution in [-0.2, 0) is 9.59 Å². The number of halogens is 2. The fraction of sp³-hybridized carbons (Fsp3) is 0.280. The molecule has 4 rings (SSSR count). The Hall–Kier alpha value is -2.96. The van der Waals surface area contributed by atoms with Crippen LogP contribution < -0.4 is 0 Å². The summed E-state index contributed by atoms with van der Waals surface area (Å²) in [5, 5.41) is 2.78. The van der Waals surface area contributed by atoms with Crippen molar-refractivity contribution in [2.45, 2.75) is 32.7 Å². The minimum atomic E-state index is -1.11. The summed E-state index contributed by atoms with van der Waals surface area (Å²) in [5.41, 5.74) is 1.55. The Balaban J connectivity index is 1.74.